The Hall–Kier alpha value is -1.35. The highest BCUT2D eigenvalue weighted by molar-refractivity contribution is 5.70. The summed E-state index contributed by atoms with van der Waals surface area (Å²) < 4.78 is 4.98. The van der Waals surface area contributed by atoms with Crippen LogP contribution in [-0.2, 0) is 16.0 Å². The smallest absolute Gasteiger partial charge is 0.307 e. The Morgan fingerprint density at radius 2 is 2.31 bits per heavy atom. The van der Waals surface area contributed by atoms with Gasteiger partial charge in [-0.3, -0.25) is 4.79 Å². The van der Waals surface area contributed by atoms with Crippen molar-refractivity contribution < 1.29 is 9.53 Å². The Balaban J connectivity index is 2.10. The molecule has 1 aromatic carbocycles. The number of ether oxygens (including phenoxy) is 1. The first-order valence-electron chi connectivity index (χ1n) is 5.78. The van der Waals surface area contributed by atoms with Crippen LogP contribution < -0.4 is 5.32 Å². The molecule has 1 atom stereocenters. The Morgan fingerprint density at radius 3 is 3.12 bits per heavy atom. The SMILES string of the molecule is CCOC(=O)C[C@H]1NCCc2ccccc21. The van der Waals surface area contributed by atoms with E-state index in [1.54, 1.807) is 0 Å². The number of esters is 1. The predicted octanol–water partition coefficient (Wildman–Crippen LogP) is 1.83. The van der Waals surface area contributed by atoms with Crippen molar-refractivity contribution in [1.82, 2.24) is 5.32 Å². The fraction of sp³-hybridized carbons (Fsp3) is 0.462. The van der Waals surface area contributed by atoms with Gasteiger partial charge >= 0.3 is 5.97 Å². The molecule has 1 aliphatic rings. The minimum atomic E-state index is -0.128. The summed E-state index contributed by atoms with van der Waals surface area (Å²) in [7, 11) is 0. The van der Waals surface area contributed by atoms with Gasteiger partial charge in [0.05, 0.1) is 13.0 Å². The van der Waals surface area contributed by atoms with Gasteiger partial charge in [-0.25, -0.2) is 0 Å². The second-order valence-corrected chi connectivity index (χ2v) is 3.96. The lowest BCUT2D eigenvalue weighted by Gasteiger charge is -2.26. The number of hydrogen-bond donors (Lipinski definition) is 1. The van der Waals surface area contributed by atoms with Crippen molar-refractivity contribution in [1.29, 1.82) is 0 Å². The zero-order valence-corrected chi connectivity index (χ0v) is 9.53. The number of hydrogen-bond acceptors (Lipinski definition) is 3. The van der Waals surface area contributed by atoms with Crippen molar-refractivity contribution in [2.75, 3.05) is 13.2 Å². The van der Waals surface area contributed by atoms with Gasteiger partial charge < -0.3 is 10.1 Å². The van der Waals surface area contributed by atoms with Crippen LogP contribution in [0, 0.1) is 0 Å². The van der Waals surface area contributed by atoms with E-state index in [1.165, 1.54) is 11.1 Å². The standard InChI is InChI=1S/C13H17NO2/c1-2-16-13(15)9-12-11-6-4-3-5-10(11)7-8-14-12/h3-6,12,14H,2,7-9H2,1H3/t12-/m1/s1. The average molecular weight is 219 g/mol. The fourth-order valence-electron chi connectivity index (χ4n) is 2.16. The monoisotopic (exact) mass is 219 g/mol. The normalized spacial score (nSPS) is 18.9. The van der Waals surface area contributed by atoms with Crippen molar-refractivity contribution in [3.63, 3.8) is 0 Å². The average Bonchev–Trinajstić information content (AvgIpc) is 2.30. The number of carbonyl (C=O) groups excluding carboxylic acids is 1. The highest BCUT2D eigenvalue weighted by Gasteiger charge is 2.21. The van der Waals surface area contributed by atoms with Gasteiger partial charge in [-0.15, -0.1) is 0 Å². The topological polar surface area (TPSA) is 38.3 Å². The number of rotatable bonds is 3. The van der Waals surface area contributed by atoms with Crippen LogP contribution in [0.25, 0.3) is 0 Å². The largest absolute Gasteiger partial charge is 0.466 e. The molecule has 1 N–H and O–H groups in total. The van der Waals surface area contributed by atoms with Crippen LogP contribution in [0.5, 0.6) is 0 Å². The van der Waals surface area contributed by atoms with E-state index in [2.05, 4.69) is 17.4 Å². The maximum atomic E-state index is 11.5. The third kappa shape index (κ3) is 2.42. The molecule has 86 valence electrons. The number of carbonyl (C=O) groups is 1. The van der Waals surface area contributed by atoms with Crippen LogP contribution in [0.2, 0.25) is 0 Å². The Bertz CT molecular complexity index is 376. The Labute approximate surface area is 95.8 Å². The van der Waals surface area contributed by atoms with Gasteiger partial charge in [-0.1, -0.05) is 24.3 Å². The lowest BCUT2D eigenvalue weighted by atomic mass is 9.93. The first-order valence-corrected chi connectivity index (χ1v) is 5.78. The molecule has 0 bridgehead atoms. The highest BCUT2D eigenvalue weighted by atomic mass is 16.5. The van der Waals surface area contributed by atoms with Gasteiger partial charge in [-0.2, -0.15) is 0 Å². The molecule has 0 saturated heterocycles. The molecule has 1 heterocycles. The molecule has 1 aliphatic heterocycles. The van der Waals surface area contributed by atoms with Crippen molar-refractivity contribution in [3.8, 4) is 0 Å². The van der Waals surface area contributed by atoms with E-state index in [0.29, 0.717) is 13.0 Å². The van der Waals surface area contributed by atoms with Crippen molar-refractivity contribution in [3.05, 3.63) is 35.4 Å². The molecule has 0 aromatic heterocycles. The molecular formula is C13H17NO2. The van der Waals surface area contributed by atoms with E-state index in [9.17, 15) is 4.79 Å². The highest BCUT2D eigenvalue weighted by Crippen LogP contribution is 2.25. The minimum Gasteiger partial charge on any atom is -0.466 e. The fourth-order valence-corrected chi connectivity index (χ4v) is 2.16. The van der Waals surface area contributed by atoms with Crippen LogP contribution >= 0.6 is 0 Å². The quantitative estimate of drug-likeness (QED) is 0.788. The summed E-state index contributed by atoms with van der Waals surface area (Å²) in [6.07, 6.45) is 1.46. The van der Waals surface area contributed by atoms with Crippen molar-refractivity contribution in [2.45, 2.75) is 25.8 Å². The molecule has 0 fully saturated rings. The first kappa shape index (κ1) is 11.1. The molecule has 0 unspecified atom stereocenters. The van der Waals surface area contributed by atoms with Gasteiger partial charge in [0.25, 0.3) is 0 Å². The summed E-state index contributed by atoms with van der Waals surface area (Å²) in [5, 5.41) is 3.36. The van der Waals surface area contributed by atoms with E-state index in [1.807, 2.05) is 19.1 Å². The van der Waals surface area contributed by atoms with Crippen LogP contribution in [-0.4, -0.2) is 19.1 Å². The minimum absolute atomic E-state index is 0.115. The molecule has 0 radical (unpaired) electrons. The predicted molar refractivity (Wildman–Crippen MR) is 62.1 cm³/mol. The maximum Gasteiger partial charge on any atom is 0.307 e. The summed E-state index contributed by atoms with van der Waals surface area (Å²) in [6, 6.07) is 8.40. The third-order valence-corrected chi connectivity index (χ3v) is 2.89. The molecule has 0 saturated carbocycles. The van der Waals surface area contributed by atoms with E-state index < -0.39 is 0 Å². The third-order valence-electron chi connectivity index (χ3n) is 2.89. The lowest BCUT2D eigenvalue weighted by Crippen LogP contribution is -2.31. The summed E-state index contributed by atoms with van der Waals surface area (Å²) in [4.78, 5) is 11.5. The second kappa shape index (κ2) is 5.12. The molecule has 0 amide bonds. The maximum absolute atomic E-state index is 11.5. The first-order chi connectivity index (χ1) is 7.81. The number of nitrogens with one attached hydrogen (secondary N) is 1. The summed E-state index contributed by atoms with van der Waals surface area (Å²) in [5.74, 6) is -0.128. The van der Waals surface area contributed by atoms with Gasteiger partial charge in [0.1, 0.15) is 0 Å². The van der Waals surface area contributed by atoms with Crippen LogP contribution in [0.3, 0.4) is 0 Å². The second-order valence-electron chi connectivity index (χ2n) is 3.96. The molecule has 2 rings (SSSR count). The van der Waals surface area contributed by atoms with E-state index >= 15 is 0 Å². The molecule has 16 heavy (non-hydrogen) atoms. The molecule has 3 heteroatoms. The lowest BCUT2D eigenvalue weighted by molar-refractivity contribution is -0.143. The van der Waals surface area contributed by atoms with E-state index in [-0.39, 0.29) is 12.0 Å². The van der Waals surface area contributed by atoms with E-state index in [4.69, 9.17) is 4.74 Å². The zero-order valence-electron chi connectivity index (χ0n) is 9.53. The van der Waals surface area contributed by atoms with Gasteiger partial charge in [-0.05, 0) is 31.0 Å². The molecule has 0 spiro atoms. The summed E-state index contributed by atoms with van der Waals surface area (Å²) >= 11 is 0. The van der Waals surface area contributed by atoms with E-state index in [0.717, 1.165) is 13.0 Å². The molecule has 0 aliphatic carbocycles. The number of benzene rings is 1. The van der Waals surface area contributed by atoms with Crippen LogP contribution in [0.4, 0.5) is 0 Å². The summed E-state index contributed by atoms with van der Waals surface area (Å²) in [5.41, 5.74) is 2.58. The van der Waals surface area contributed by atoms with Gasteiger partial charge in [0, 0.05) is 6.04 Å². The summed E-state index contributed by atoms with van der Waals surface area (Å²) in [6.45, 7) is 3.22. The molecular weight excluding hydrogens is 202 g/mol. The number of fused-ring (bicyclic) bond motifs is 1. The van der Waals surface area contributed by atoms with Crippen LogP contribution in [0.15, 0.2) is 24.3 Å². The zero-order chi connectivity index (χ0) is 11.4. The van der Waals surface area contributed by atoms with Crippen LogP contribution in [0.1, 0.15) is 30.5 Å². The van der Waals surface area contributed by atoms with Gasteiger partial charge in [0.2, 0.25) is 0 Å². The molecule has 1 aromatic rings. The van der Waals surface area contributed by atoms with Crippen molar-refractivity contribution >= 4 is 5.97 Å². The van der Waals surface area contributed by atoms with Crippen molar-refractivity contribution in [2.24, 2.45) is 0 Å². The Kier molecular flexibility index (Phi) is 3.57. The molecule has 3 nitrogen and oxygen atoms in total. The van der Waals surface area contributed by atoms with Gasteiger partial charge in [0.15, 0.2) is 0 Å². The Morgan fingerprint density at radius 1 is 1.50 bits per heavy atom.